The number of ether oxygens (including phenoxy) is 1. The fourth-order valence-corrected chi connectivity index (χ4v) is 2.90. The van der Waals surface area contributed by atoms with Gasteiger partial charge in [0.1, 0.15) is 17.2 Å². The van der Waals surface area contributed by atoms with Crippen molar-refractivity contribution < 1.29 is 164 Å². The van der Waals surface area contributed by atoms with E-state index in [2.05, 4.69) is 36.9 Å². The maximum Gasteiger partial charge on any atom is 1.00 e. The smallest absolute Gasteiger partial charge is 1.00 e. The third-order valence-electron chi connectivity index (χ3n) is 4.39. The van der Waals surface area contributed by atoms with Crippen molar-refractivity contribution in [3.8, 4) is 17.2 Å². The van der Waals surface area contributed by atoms with Crippen LogP contribution in [0.3, 0.4) is 0 Å². The van der Waals surface area contributed by atoms with Crippen molar-refractivity contribution in [3.63, 3.8) is 0 Å². The quantitative estimate of drug-likeness (QED) is 0.0688. The maximum atomic E-state index is 8.79. The number of fused-ring (bicyclic) bond motifs is 2. The van der Waals surface area contributed by atoms with Gasteiger partial charge in [0.05, 0.1) is 11.9 Å². The maximum absolute atomic E-state index is 8.79. The summed E-state index contributed by atoms with van der Waals surface area (Å²) in [7, 11) is 0. The van der Waals surface area contributed by atoms with E-state index in [1.807, 2.05) is 37.3 Å². The topological polar surface area (TPSA) is 131 Å². The van der Waals surface area contributed by atoms with E-state index in [4.69, 9.17) is 25.6 Å². The van der Waals surface area contributed by atoms with E-state index < -0.39 is 0 Å². The van der Waals surface area contributed by atoms with Crippen LogP contribution in [-0.4, -0.2) is 21.5 Å². The summed E-state index contributed by atoms with van der Waals surface area (Å²) in [4.78, 5) is 19.2. The predicted octanol–water partition coefficient (Wildman–Crippen LogP) is -1.54. The largest absolute Gasteiger partial charge is 1.00 e. The number of aromatic nitrogens is 2. The standard InChI is InChI=1S/C12H9NO.C6H6BrN.C6H7NO.CH2O3.2Cs.H/c1-2-4-11-9(3-1)7-10-5-6-13-8-12(10)14-11;1-5-2-3-8-4-6(5)7;7-5-3-1-2-4-6(5)8;2-1-4-3;;;/h1-6,8H,7H2;2-4H,1H3;1-4,8H,7H2;1,3H;;;/q;;;;2*+1;-1/p-1. The summed E-state index contributed by atoms with van der Waals surface area (Å²) < 4.78 is 6.78. The summed E-state index contributed by atoms with van der Waals surface area (Å²) in [5.74, 6) is 1.98. The second kappa shape index (κ2) is 21.0. The Morgan fingerprint density at radius 3 is 2.14 bits per heavy atom. The minimum atomic E-state index is -0.181. The van der Waals surface area contributed by atoms with Gasteiger partial charge in [0, 0.05) is 35.0 Å². The van der Waals surface area contributed by atoms with Crippen LogP contribution in [0.2, 0.25) is 0 Å². The minimum Gasteiger partial charge on any atom is -1.00 e. The normalized spacial score (nSPS) is 9.53. The van der Waals surface area contributed by atoms with E-state index in [1.165, 1.54) is 16.7 Å². The zero-order valence-corrected chi connectivity index (χ0v) is 34.4. The van der Waals surface area contributed by atoms with E-state index in [0.717, 1.165) is 22.4 Å². The second-order valence-corrected chi connectivity index (χ2v) is 7.60. The van der Waals surface area contributed by atoms with Crippen molar-refractivity contribution in [2.24, 2.45) is 0 Å². The molecule has 3 N–H and O–H groups in total. The van der Waals surface area contributed by atoms with Crippen LogP contribution in [-0.2, 0) is 16.1 Å². The van der Waals surface area contributed by atoms with Gasteiger partial charge in [-0.05, 0) is 64.3 Å². The van der Waals surface area contributed by atoms with Gasteiger partial charge in [-0.25, -0.2) is 0 Å². The Morgan fingerprint density at radius 1 is 1.00 bits per heavy atom. The van der Waals surface area contributed by atoms with Crippen LogP contribution in [0.5, 0.6) is 17.2 Å². The third-order valence-corrected chi connectivity index (χ3v) is 5.22. The number of nitrogens with two attached hydrogens (primary N) is 1. The molecule has 36 heavy (non-hydrogen) atoms. The van der Waals surface area contributed by atoms with Gasteiger partial charge in [-0.2, -0.15) is 0 Å². The molecule has 0 radical (unpaired) electrons. The first-order valence-electron chi connectivity index (χ1n) is 9.96. The summed E-state index contributed by atoms with van der Waals surface area (Å²) >= 11 is 3.33. The SMILES string of the molecule is Cc1ccncc1Br.Nc1ccccc1O.O=CO[O-].[Cs+].[Cs+].[H-].c1ccc2c(c1)Cc1ccncc1O2. The molecule has 0 fully saturated rings. The number of para-hydroxylation sites is 3. The summed E-state index contributed by atoms with van der Waals surface area (Å²) in [5, 5.41) is 17.2. The number of hydrogen-bond acceptors (Lipinski definition) is 8. The molecule has 178 valence electrons. The van der Waals surface area contributed by atoms with Gasteiger partial charge in [-0.3, -0.25) is 14.8 Å². The third kappa shape index (κ3) is 13.3. The van der Waals surface area contributed by atoms with Crippen LogP contribution in [0.15, 0.2) is 89.9 Å². The van der Waals surface area contributed by atoms with E-state index in [9.17, 15) is 0 Å². The number of nitrogen functional groups attached to an aromatic ring is 1. The molecule has 1 aliphatic heterocycles. The van der Waals surface area contributed by atoms with Crippen molar-refractivity contribution in [2.75, 3.05) is 5.73 Å². The average Bonchev–Trinajstić information content (AvgIpc) is 2.87. The number of anilines is 1. The van der Waals surface area contributed by atoms with Crippen molar-refractivity contribution >= 4 is 28.1 Å². The molecule has 11 heteroatoms. The molecule has 0 atom stereocenters. The summed E-state index contributed by atoms with van der Waals surface area (Å²) in [6, 6.07) is 18.8. The summed E-state index contributed by atoms with van der Waals surface area (Å²) in [6.45, 7) is 1.85. The van der Waals surface area contributed by atoms with Crippen molar-refractivity contribution in [2.45, 2.75) is 13.3 Å². The van der Waals surface area contributed by atoms with Crippen LogP contribution in [0.4, 0.5) is 5.69 Å². The van der Waals surface area contributed by atoms with E-state index in [0.29, 0.717) is 5.69 Å². The number of phenols is 1. The molecule has 0 saturated carbocycles. The van der Waals surface area contributed by atoms with Gasteiger partial charge in [-0.15, -0.1) is 0 Å². The Hall–Kier alpha value is 0.154. The van der Waals surface area contributed by atoms with Crippen molar-refractivity contribution in [1.29, 1.82) is 0 Å². The van der Waals surface area contributed by atoms with E-state index >= 15 is 0 Å². The molecule has 0 bridgehead atoms. The number of pyridine rings is 2. The number of aromatic hydroxyl groups is 1. The Balaban J connectivity index is 0. The molecular formula is C25H24BrCs2N3O5. The number of phenolic OH excluding ortho intramolecular Hbond substituents is 1. The Labute approximate surface area is 337 Å². The molecule has 0 spiro atoms. The summed E-state index contributed by atoms with van der Waals surface area (Å²) in [6.07, 6.45) is 8.07. The average molecular weight is 792 g/mol. The molecule has 3 heterocycles. The fourth-order valence-electron chi connectivity index (χ4n) is 2.65. The molecule has 2 aromatic carbocycles. The van der Waals surface area contributed by atoms with Crippen LogP contribution in [0.1, 0.15) is 18.1 Å². The molecule has 0 aliphatic carbocycles. The number of aryl methyl sites for hydroxylation is 1. The van der Waals surface area contributed by atoms with Crippen LogP contribution < -0.4 is 154 Å². The van der Waals surface area contributed by atoms with E-state index in [1.54, 1.807) is 49.1 Å². The summed E-state index contributed by atoms with van der Waals surface area (Å²) in [5.41, 5.74) is 9.36. The monoisotopic (exact) mass is 791 g/mol. The minimum absolute atomic E-state index is 0. The van der Waals surface area contributed by atoms with Crippen molar-refractivity contribution in [3.05, 3.63) is 107 Å². The van der Waals surface area contributed by atoms with Crippen LogP contribution in [0.25, 0.3) is 0 Å². The van der Waals surface area contributed by atoms with Crippen molar-refractivity contribution in [1.82, 2.24) is 9.97 Å². The first-order valence-corrected chi connectivity index (χ1v) is 10.8. The second-order valence-electron chi connectivity index (χ2n) is 6.75. The molecule has 8 nitrogen and oxygen atoms in total. The zero-order valence-electron chi connectivity index (χ0n) is 21.3. The Kier molecular flexibility index (Phi) is 21.1. The van der Waals surface area contributed by atoms with Gasteiger partial charge >= 0.3 is 138 Å². The van der Waals surface area contributed by atoms with Gasteiger partial charge < -0.3 is 27.1 Å². The van der Waals surface area contributed by atoms with Gasteiger partial charge in [-0.1, -0.05) is 30.3 Å². The molecule has 1 aliphatic rings. The van der Waals surface area contributed by atoms with Crippen LogP contribution >= 0.6 is 15.9 Å². The number of halogens is 1. The number of nitrogens with zero attached hydrogens (tertiary/aromatic N) is 2. The number of hydrogen-bond donors (Lipinski definition) is 2. The molecule has 0 unspecified atom stereocenters. The zero-order chi connectivity index (χ0) is 24.8. The molecule has 0 saturated heterocycles. The Morgan fingerprint density at radius 2 is 1.58 bits per heavy atom. The Bertz CT molecular complexity index is 1040. The number of rotatable bonds is 1. The molecule has 2 aromatic heterocycles. The fraction of sp³-hybridized carbons (Fsp3) is 0.0800. The van der Waals surface area contributed by atoms with Crippen LogP contribution in [0, 0.1) is 6.92 Å². The molecule has 5 rings (SSSR count). The molecular weight excluding hydrogens is 768 g/mol. The number of carbonyl (C=O) groups excluding carboxylic acids is 1. The predicted molar refractivity (Wildman–Crippen MR) is 131 cm³/mol. The van der Waals surface area contributed by atoms with Gasteiger partial charge in [0.25, 0.3) is 6.47 Å². The number of carbonyl (C=O) groups is 1. The first-order chi connectivity index (χ1) is 16.5. The van der Waals surface area contributed by atoms with Gasteiger partial charge in [0.15, 0.2) is 0 Å². The van der Waals surface area contributed by atoms with E-state index in [-0.39, 0.29) is 151 Å². The molecule has 0 amide bonds. The first kappa shape index (κ1) is 36.2. The number of benzene rings is 2. The molecule has 4 aromatic rings. The van der Waals surface area contributed by atoms with Gasteiger partial charge in [0.2, 0.25) is 0 Å².